The molecule has 0 aliphatic heterocycles. The summed E-state index contributed by atoms with van der Waals surface area (Å²) in [6.45, 7) is 1.43. The van der Waals surface area contributed by atoms with Gasteiger partial charge in [0.25, 0.3) is 5.69 Å². The first-order chi connectivity index (χ1) is 6.52. The number of non-ortho nitro benzene ring substituents is 1. The number of rotatable bonds is 2. The van der Waals surface area contributed by atoms with E-state index in [1.165, 1.54) is 24.0 Å². The Morgan fingerprint density at radius 2 is 1.86 bits per heavy atom. The van der Waals surface area contributed by atoms with Crippen LogP contribution in [0.2, 0.25) is 0 Å². The molecule has 74 valence electrons. The third kappa shape index (κ3) is 2.07. The number of hydrogen-bond acceptors (Lipinski definition) is 3. The van der Waals surface area contributed by atoms with E-state index in [4.69, 9.17) is 0 Å². The van der Waals surface area contributed by atoms with Gasteiger partial charge >= 0.3 is 0 Å². The number of carbonyl (C=O) groups is 1. The average molecular weight is 194 g/mol. The highest BCUT2D eigenvalue weighted by atomic mass is 16.6. The van der Waals surface area contributed by atoms with Crippen molar-refractivity contribution < 1.29 is 9.72 Å². The monoisotopic (exact) mass is 194 g/mol. The molecule has 0 fully saturated rings. The molecule has 0 heterocycles. The van der Waals surface area contributed by atoms with Crippen molar-refractivity contribution in [2.45, 2.75) is 6.92 Å². The Bertz CT molecular complexity index is 359. The van der Waals surface area contributed by atoms with Crippen molar-refractivity contribution >= 4 is 17.3 Å². The average Bonchev–Trinajstić information content (AvgIpc) is 2.16. The van der Waals surface area contributed by atoms with Crippen LogP contribution in [0.5, 0.6) is 0 Å². The number of carbonyl (C=O) groups excluding carboxylic acids is 1. The summed E-state index contributed by atoms with van der Waals surface area (Å²) in [6, 6.07) is 5.82. The van der Waals surface area contributed by atoms with Gasteiger partial charge in [-0.05, 0) is 12.1 Å². The predicted octanol–water partition coefficient (Wildman–Crippen LogP) is 1.58. The van der Waals surface area contributed by atoms with Crippen LogP contribution in [0.1, 0.15) is 6.92 Å². The first kappa shape index (κ1) is 10.2. The van der Waals surface area contributed by atoms with Gasteiger partial charge < -0.3 is 4.90 Å². The van der Waals surface area contributed by atoms with Gasteiger partial charge in [0.2, 0.25) is 5.91 Å². The van der Waals surface area contributed by atoms with E-state index < -0.39 is 4.92 Å². The van der Waals surface area contributed by atoms with Crippen LogP contribution in [0, 0.1) is 10.1 Å². The number of anilines is 1. The second-order valence-electron chi connectivity index (χ2n) is 2.85. The summed E-state index contributed by atoms with van der Waals surface area (Å²) in [5.41, 5.74) is 0.661. The first-order valence-electron chi connectivity index (χ1n) is 4.01. The SMILES string of the molecule is CC(=O)N(C)c1ccc([N+](=O)[O-])cc1. The lowest BCUT2D eigenvalue weighted by atomic mass is 10.2. The zero-order chi connectivity index (χ0) is 10.7. The minimum Gasteiger partial charge on any atom is -0.316 e. The van der Waals surface area contributed by atoms with Gasteiger partial charge in [0.05, 0.1) is 4.92 Å². The molecule has 5 heteroatoms. The molecule has 1 aromatic rings. The molecule has 0 N–H and O–H groups in total. The highest BCUT2D eigenvalue weighted by Crippen LogP contribution is 2.18. The van der Waals surface area contributed by atoms with Gasteiger partial charge in [-0.25, -0.2) is 0 Å². The lowest BCUT2D eigenvalue weighted by Crippen LogP contribution is -2.22. The van der Waals surface area contributed by atoms with E-state index in [-0.39, 0.29) is 11.6 Å². The van der Waals surface area contributed by atoms with E-state index in [0.717, 1.165) is 0 Å². The third-order valence-corrected chi connectivity index (χ3v) is 1.92. The Balaban J connectivity index is 2.94. The maximum Gasteiger partial charge on any atom is 0.269 e. The van der Waals surface area contributed by atoms with Crippen LogP contribution in [0.25, 0.3) is 0 Å². The van der Waals surface area contributed by atoms with Crippen LogP contribution >= 0.6 is 0 Å². The lowest BCUT2D eigenvalue weighted by Gasteiger charge is -2.13. The standard InChI is InChI=1S/C9H10N2O3/c1-7(12)10(2)8-3-5-9(6-4-8)11(13)14/h3-6H,1-2H3. The summed E-state index contributed by atoms with van der Waals surface area (Å²) < 4.78 is 0. The van der Waals surface area contributed by atoms with Gasteiger partial charge in [-0.3, -0.25) is 14.9 Å². The van der Waals surface area contributed by atoms with E-state index in [1.807, 2.05) is 0 Å². The fourth-order valence-corrected chi connectivity index (χ4v) is 0.980. The summed E-state index contributed by atoms with van der Waals surface area (Å²) >= 11 is 0. The van der Waals surface area contributed by atoms with Gasteiger partial charge in [0, 0.05) is 31.8 Å². The van der Waals surface area contributed by atoms with E-state index >= 15 is 0 Å². The minimum atomic E-state index is -0.475. The molecule has 0 saturated carbocycles. The lowest BCUT2D eigenvalue weighted by molar-refractivity contribution is -0.384. The fraction of sp³-hybridized carbons (Fsp3) is 0.222. The van der Waals surface area contributed by atoms with Crippen LogP contribution in [0.3, 0.4) is 0 Å². The van der Waals surface area contributed by atoms with Crippen LogP contribution in [-0.4, -0.2) is 17.9 Å². The zero-order valence-corrected chi connectivity index (χ0v) is 7.93. The zero-order valence-electron chi connectivity index (χ0n) is 7.93. The Kier molecular flexibility index (Phi) is 2.81. The van der Waals surface area contributed by atoms with Crippen molar-refractivity contribution in [1.82, 2.24) is 0 Å². The summed E-state index contributed by atoms with van der Waals surface area (Å²) in [5, 5.41) is 10.3. The molecule has 0 spiro atoms. The molecular weight excluding hydrogens is 184 g/mol. The second kappa shape index (κ2) is 3.87. The molecule has 1 amide bonds. The van der Waals surface area contributed by atoms with Gasteiger partial charge in [0.1, 0.15) is 0 Å². The smallest absolute Gasteiger partial charge is 0.269 e. The van der Waals surface area contributed by atoms with Crippen LogP contribution in [-0.2, 0) is 4.79 Å². The van der Waals surface area contributed by atoms with Crippen molar-refractivity contribution in [2.24, 2.45) is 0 Å². The molecule has 0 saturated heterocycles. The highest BCUT2D eigenvalue weighted by Gasteiger charge is 2.08. The number of nitro benzene ring substituents is 1. The quantitative estimate of drug-likeness (QED) is 0.530. The number of nitrogens with zero attached hydrogens (tertiary/aromatic N) is 2. The Morgan fingerprint density at radius 3 is 2.21 bits per heavy atom. The predicted molar refractivity (Wildman–Crippen MR) is 52.2 cm³/mol. The Hall–Kier alpha value is -1.91. The Morgan fingerprint density at radius 1 is 1.36 bits per heavy atom. The first-order valence-corrected chi connectivity index (χ1v) is 4.01. The minimum absolute atomic E-state index is 0.0192. The molecule has 5 nitrogen and oxygen atoms in total. The van der Waals surface area contributed by atoms with E-state index in [2.05, 4.69) is 0 Å². The largest absolute Gasteiger partial charge is 0.316 e. The van der Waals surface area contributed by atoms with Crippen molar-refractivity contribution in [3.05, 3.63) is 34.4 Å². The third-order valence-electron chi connectivity index (χ3n) is 1.92. The molecule has 1 aromatic carbocycles. The molecule has 1 rings (SSSR count). The van der Waals surface area contributed by atoms with Crippen molar-refractivity contribution in [3.63, 3.8) is 0 Å². The molecule has 0 bridgehead atoms. The number of hydrogen-bond donors (Lipinski definition) is 0. The normalized spacial score (nSPS) is 9.57. The molecule has 0 aromatic heterocycles. The van der Waals surface area contributed by atoms with E-state index in [0.29, 0.717) is 5.69 Å². The molecule has 14 heavy (non-hydrogen) atoms. The van der Waals surface area contributed by atoms with Crippen LogP contribution in [0.15, 0.2) is 24.3 Å². The number of benzene rings is 1. The fourth-order valence-electron chi connectivity index (χ4n) is 0.980. The molecule has 0 radical (unpaired) electrons. The summed E-state index contributed by atoms with van der Waals surface area (Å²) in [6.07, 6.45) is 0. The van der Waals surface area contributed by atoms with Gasteiger partial charge in [-0.1, -0.05) is 0 Å². The summed E-state index contributed by atoms with van der Waals surface area (Å²) in [5.74, 6) is -0.112. The van der Waals surface area contributed by atoms with E-state index in [9.17, 15) is 14.9 Å². The molecule has 0 unspecified atom stereocenters. The van der Waals surface area contributed by atoms with Gasteiger partial charge in [-0.15, -0.1) is 0 Å². The molecular formula is C9H10N2O3. The van der Waals surface area contributed by atoms with Crippen molar-refractivity contribution in [1.29, 1.82) is 0 Å². The molecule has 0 aliphatic carbocycles. The summed E-state index contributed by atoms with van der Waals surface area (Å²) in [4.78, 5) is 22.2. The summed E-state index contributed by atoms with van der Waals surface area (Å²) in [7, 11) is 1.61. The topological polar surface area (TPSA) is 63.5 Å². The van der Waals surface area contributed by atoms with Crippen LogP contribution in [0.4, 0.5) is 11.4 Å². The van der Waals surface area contributed by atoms with Gasteiger partial charge in [-0.2, -0.15) is 0 Å². The molecule has 0 aliphatic rings. The van der Waals surface area contributed by atoms with Crippen LogP contribution < -0.4 is 4.90 Å². The Labute approximate surface area is 81.1 Å². The maximum atomic E-state index is 11.0. The second-order valence-corrected chi connectivity index (χ2v) is 2.85. The van der Waals surface area contributed by atoms with Gasteiger partial charge in [0.15, 0.2) is 0 Å². The number of amides is 1. The maximum absolute atomic E-state index is 11.0. The van der Waals surface area contributed by atoms with Crippen molar-refractivity contribution in [3.8, 4) is 0 Å². The number of nitro groups is 1. The van der Waals surface area contributed by atoms with E-state index in [1.54, 1.807) is 19.2 Å². The van der Waals surface area contributed by atoms with Crippen molar-refractivity contribution in [2.75, 3.05) is 11.9 Å². The highest BCUT2D eigenvalue weighted by molar-refractivity contribution is 5.90. The molecule has 0 atom stereocenters.